The zero-order chi connectivity index (χ0) is 39.9. The van der Waals surface area contributed by atoms with Crippen LogP contribution in [-0.4, -0.2) is 126 Å². The van der Waals surface area contributed by atoms with E-state index in [4.69, 9.17) is 9.47 Å². The van der Waals surface area contributed by atoms with Gasteiger partial charge in [-0.25, -0.2) is 4.79 Å². The van der Waals surface area contributed by atoms with Crippen LogP contribution in [0.3, 0.4) is 0 Å². The van der Waals surface area contributed by atoms with Crippen LogP contribution in [-0.2, 0) is 44.7 Å². The molecular formula is C39H58N6O9. The quantitative estimate of drug-likeness (QED) is 0.332. The second kappa shape index (κ2) is 18.6. The standard InChI is InChI=1S/C39H58N6O9/c1-9-22(3)31-38(51)45-20-12-14-29(45)37(50)44-19-11-13-28(44)36(49)43(7)30(21-26-15-17-27(53-8)18-16-26)34(47)42-32(23(4)10-2)39(52)54-24(5)33(35(48)41-31)40-25(6)46/h15-18,22-24,28-33H,9-14,19-21H2,1-8H3,(H,40,46)(H,41,48)(H,42,47)/t22-,23-,24-,28+,29+,30+,31-,32+,33+/m1/s1. The summed E-state index contributed by atoms with van der Waals surface area (Å²) in [6, 6.07) is 0.658. The van der Waals surface area contributed by atoms with Crippen molar-refractivity contribution in [2.24, 2.45) is 11.8 Å². The molecule has 3 fully saturated rings. The van der Waals surface area contributed by atoms with Gasteiger partial charge >= 0.3 is 5.97 Å². The van der Waals surface area contributed by atoms with Gasteiger partial charge < -0.3 is 40.1 Å². The minimum Gasteiger partial charge on any atom is -0.497 e. The summed E-state index contributed by atoms with van der Waals surface area (Å²) in [5.74, 6) is -4.13. The lowest BCUT2D eigenvalue weighted by Gasteiger charge is -2.36. The number of likely N-dealkylation sites (N-methyl/N-ethyl adjacent to an activating group) is 1. The maximum Gasteiger partial charge on any atom is 0.329 e. The zero-order valence-electron chi connectivity index (χ0n) is 32.9. The summed E-state index contributed by atoms with van der Waals surface area (Å²) in [7, 11) is 3.07. The molecule has 54 heavy (non-hydrogen) atoms. The van der Waals surface area contributed by atoms with Crippen LogP contribution in [0.15, 0.2) is 24.3 Å². The number of carbonyl (C=O) groups is 7. The van der Waals surface area contributed by atoms with Crippen LogP contribution in [0.2, 0.25) is 0 Å². The van der Waals surface area contributed by atoms with E-state index in [0.29, 0.717) is 50.8 Å². The van der Waals surface area contributed by atoms with Gasteiger partial charge in [0.15, 0.2) is 0 Å². The lowest BCUT2D eigenvalue weighted by Crippen LogP contribution is -2.61. The second-order valence-electron chi connectivity index (χ2n) is 15.0. The molecule has 0 bridgehead atoms. The van der Waals surface area contributed by atoms with Crippen LogP contribution in [0.25, 0.3) is 0 Å². The summed E-state index contributed by atoms with van der Waals surface area (Å²) in [5.41, 5.74) is 0.727. The topological polar surface area (TPSA) is 184 Å². The highest BCUT2D eigenvalue weighted by Gasteiger charge is 2.46. The Morgan fingerprint density at radius 3 is 1.94 bits per heavy atom. The number of amides is 6. The Morgan fingerprint density at radius 2 is 1.39 bits per heavy atom. The van der Waals surface area contributed by atoms with Crippen molar-refractivity contribution in [1.82, 2.24) is 30.7 Å². The van der Waals surface area contributed by atoms with E-state index in [9.17, 15) is 33.6 Å². The molecular weight excluding hydrogens is 696 g/mol. The number of rotatable bonds is 8. The molecule has 3 saturated heterocycles. The third-order valence-corrected chi connectivity index (χ3v) is 11.3. The van der Waals surface area contributed by atoms with Gasteiger partial charge in [-0.15, -0.1) is 0 Å². The molecule has 0 saturated carbocycles. The normalized spacial score (nSPS) is 28.8. The van der Waals surface area contributed by atoms with Crippen LogP contribution in [0, 0.1) is 11.8 Å². The van der Waals surface area contributed by atoms with Gasteiger partial charge in [-0.3, -0.25) is 28.8 Å². The molecule has 3 aliphatic rings. The predicted molar refractivity (Wildman–Crippen MR) is 199 cm³/mol. The van der Waals surface area contributed by atoms with Crippen LogP contribution in [0.5, 0.6) is 5.75 Å². The molecule has 15 heteroatoms. The van der Waals surface area contributed by atoms with Gasteiger partial charge in [0.2, 0.25) is 35.4 Å². The number of hydrogen-bond donors (Lipinski definition) is 3. The van der Waals surface area contributed by atoms with Gasteiger partial charge in [-0.05, 0) is 62.1 Å². The average Bonchev–Trinajstić information content (AvgIpc) is 3.86. The molecule has 9 atom stereocenters. The van der Waals surface area contributed by atoms with E-state index < -0.39 is 83.8 Å². The molecule has 4 rings (SSSR count). The summed E-state index contributed by atoms with van der Waals surface area (Å²) < 4.78 is 11.1. The first-order valence-electron chi connectivity index (χ1n) is 19.2. The Balaban J connectivity index is 1.82. The molecule has 3 heterocycles. The fourth-order valence-corrected chi connectivity index (χ4v) is 7.51. The molecule has 15 nitrogen and oxygen atoms in total. The van der Waals surface area contributed by atoms with E-state index >= 15 is 0 Å². The van der Waals surface area contributed by atoms with Crippen molar-refractivity contribution in [2.45, 2.75) is 129 Å². The third kappa shape index (κ3) is 9.51. The number of cyclic esters (lactones) is 1. The minimum absolute atomic E-state index is 0.0874. The van der Waals surface area contributed by atoms with E-state index in [2.05, 4.69) is 16.0 Å². The first kappa shape index (κ1) is 42.1. The molecule has 0 radical (unpaired) electrons. The molecule has 6 amide bonds. The molecule has 3 N–H and O–H groups in total. The van der Waals surface area contributed by atoms with Crippen molar-refractivity contribution in [3.63, 3.8) is 0 Å². The molecule has 0 unspecified atom stereocenters. The van der Waals surface area contributed by atoms with Gasteiger partial charge in [0.05, 0.1) is 7.11 Å². The number of ether oxygens (including phenoxy) is 2. The highest BCUT2D eigenvalue weighted by atomic mass is 16.5. The maximum atomic E-state index is 14.4. The maximum absolute atomic E-state index is 14.4. The lowest BCUT2D eigenvalue weighted by atomic mass is 9.96. The van der Waals surface area contributed by atoms with Crippen LogP contribution >= 0.6 is 0 Å². The van der Waals surface area contributed by atoms with Crippen LogP contribution < -0.4 is 20.7 Å². The average molecular weight is 755 g/mol. The van der Waals surface area contributed by atoms with E-state index in [0.717, 1.165) is 5.56 Å². The summed E-state index contributed by atoms with van der Waals surface area (Å²) in [4.78, 5) is 102. The largest absolute Gasteiger partial charge is 0.497 e. The predicted octanol–water partition coefficient (Wildman–Crippen LogP) is 1.56. The fraction of sp³-hybridized carbons (Fsp3) is 0.667. The van der Waals surface area contributed by atoms with Crippen molar-refractivity contribution in [2.75, 3.05) is 27.2 Å². The molecule has 1 aromatic rings. The number of esters is 1. The number of methoxy groups -OCH3 is 1. The Hall–Kier alpha value is -4.69. The van der Waals surface area contributed by atoms with E-state index in [-0.39, 0.29) is 24.8 Å². The third-order valence-electron chi connectivity index (χ3n) is 11.3. The first-order valence-corrected chi connectivity index (χ1v) is 19.2. The summed E-state index contributed by atoms with van der Waals surface area (Å²) in [6.45, 7) is 10.6. The SMILES string of the molecule is CC[C@@H](C)[C@@H]1NC(=O)[C@H](Cc2ccc(OC)cc2)N(C)C(=O)[C@@H]2CCCN2C(=O)[C@@H]2CCCN2C(=O)[C@@H]([C@H](C)CC)NC(=O)[C@@H](NC(C)=O)[C@@H](C)OC1=O. The number of nitrogens with one attached hydrogen (secondary N) is 3. The van der Waals surface area contributed by atoms with Gasteiger partial charge in [-0.1, -0.05) is 52.7 Å². The lowest BCUT2D eigenvalue weighted by molar-refractivity contribution is -0.158. The fourth-order valence-electron chi connectivity index (χ4n) is 7.51. The summed E-state index contributed by atoms with van der Waals surface area (Å²) in [6.07, 6.45) is 1.74. The van der Waals surface area contributed by atoms with E-state index in [1.165, 1.54) is 35.6 Å². The Kier molecular flexibility index (Phi) is 14.5. The highest BCUT2D eigenvalue weighted by Crippen LogP contribution is 2.28. The Labute approximate surface area is 318 Å². The summed E-state index contributed by atoms with van der Waals surface area (Å²) >= 11 is 0. The molecule has 0 aliphatic carbocycles. The highest BCUT2D eigenvalue weighted by molar-refractivity contribution is 5.98. The Morgan fingerprint density at radius 1 is 0.852 bits per heavy atom. The Bertz CT molecular complexity index is 1550. The molecule has 298 valence electrons. The van der Waals surface area contributed by atoms with E-state index in [1.807, 2.05) is 20.8 Å². The second-order valence-corrected chi connectivity index (χ2v) is 15.0. The number of carbonyl (C=O) groups excluding carboxylic acids is 7. The van der Waals surface area contributed by atoms with Crippen LogP contribution in [0.4, 0.5) is 0 Å². The van der Waals surface area contributed by atoms with Gasteiger partial charge in [0.1, 0.15) is 48.1 Å². The number of nitrogens with zero attached hydrogens (tertiary/aromatic N) is 3. The van der Waals surface area contributed by atoms with Crippen molar-refractivity contribution >= 4 is 41.4 Å². The number of benzene rings is 1. The van der Waals surface area contributed by atoms with Crippen molar-refractivity contribution in [3.8, 4) is 5.75 Å². The smallest absolute Gasteiger partial charge is 0.329 e. The summed E-state index contributed by atoms with van der Waals surface area (Å²) in [5, 5.41) is 8.22. The van der Waals surface area contributed by atoms with Gasteiger partial charge in [-0.2, -0.15) is 0 Å². The molecule has 3 aliphatic heterocycles. The minimum atomic E-state index is -1.38. The van der Waals surface area contributed by atoms with E-state index in [1.54, 1.807) is 38.3 Å². The van der Waals surface area contributed by atoms with Gasteiger partial charge in [0, 0.05) is 33.5 Å². The van der Waals surface area contributed by atoms with Crippen molar-refractivity contribution in [3.05, 3.63) is 29.8 Å². The molecule has 1 aromatic carbocycles. The number of fused-ring (bicyclic) bond motifs is 2. The van der Waals surface area contributed by atoms with Crippen LogP contribution in [0.1, 0.15) is 85.6 Å². The van der Waals surface area contributed by atoms with Gasteiger partial charge in [0.25, 0.3) is 0 Å². The number of hydrogen-bond acceptors (Lipinski definition) is 9. The monoisotopic (exact) mass is 754 g/mol. The molecule has 0 spiro atoms. The zero-order valence-corrected chi connectivity index (χ0v) is 32.9. The molecule has 0 aromatic heterocycles. The van der Waals surface area contributed by atoms with Crippen molar-refractivity contribution in [1.29, 1.82) is 0 Å². The first-order chi connectivity index (χ1) is 25.6. The van der Waals surface area contributed by atoms with Crippen molar-refractivity contribution < 1.29 is 43.0 Å².